The number of ether oxygens (including phenoxy) is 2. The van der Waals surface area contributed by atoms with E-state index in [0.717, 1.165) is 22.9 Å². The van der Waals surface area contributed by atoms with E-state index in [0.29, 0.717) is 30.0 Å². The van der Waals surface area contributed by atoms with Crippen LogP contribution in [-0.2, 0) is 0 Å². The molecule has 2 heterocycles. The van der Waals surface area contributed by atoms with Crippen molar-refractivity contribution >= 4 is 34.7 Å². The van der Waals surface area contributed by atoms with Gasteiger partial charge in [-0.2, -0.15) is 4.98 Å². The lowest BCUT2D eigenvalue weighted by Gasteiger charge is -2.19. The lowest BCUT2D eigenvalue weighted by atomic mass is 10.2. The van der Waals surface area contributed by atoms with Crippen molar-refractivity contribution in [3.63, 3.8) is 0 Å². The SMILES string of the molecule is Clc1ccccc1Nc1nccc(Nc2ccc3c(c2)OCCO3)n1. The molecule has 7 heteroatoms. The molecule has 6 nitrogen and oxygen atoms in total. The molecule has 0 radical (unpaired) electrons. The summed E-state index contributed by atoms with van der Waals surface area (Å²) in [7, 11) is 0. The first-order valence-corrected chi connectivity index (χ1v) is 8.17. The first-order valence-electron chi connectivity index (χ1n) is 7.79. The molecule has 1 aliphatic rings. The zero-order chi connectivity index (χ0) is 17.1. The molecule has 3 aromatic rings. The molecule has 0 saturated carbocycles. The van der Waals surface area contributed by atoms with Gasteiger partial charge < -0.3 is 20.1 Å². The molecule has 25 heavy (non-hydrogen) atoms. The van der Waals surface area contributed by atoms with E-state index in [2.05, 4.69) is 20.6 Å². The third kappa shape index (κ3) is 3.59. The molecule has 2 aromatic carbocycles. The van der Waals surface area contributed by atoms with Crippen LogP contribution in [-0.4, -0.2) is 23.2 Å². The number of hydrogen-bond donors (Lipinski definition) is 2. The van der Waals surface area contributed by atoms with Crippen molar-refractivity contribution in [1.82, 2.24) is 9.97 Å². The molecule has 1 aromatic heterocycles. The number of halogens is 1. The van der Waals surface area contributed by atoms with Crippen molar-refractivity contribution in [1.29, 1.82) is 0 Å². The van der Waals surface area contributed by atoms with E-state index in [-0.39, 0.29) is 0 Å². The average molecular weight is 355 g/mol. The Morgan fingerprint density at radius 1 is 0.920 bits per heavy atom. The van der Waals surface area contributed by atoms with Gasteiger partial charge in [0.15, 0.2) is 11.5 Å². The normalized spacial score (nSPS) is 12.5. The summed E-state index contributed by atoms with van der Waals surface area (Å²) in [5, 5.41) is 6.95. The first kappa shape index (κ1) is 15.5. The molecule has 1 aliphatic heterocycles. The summed E-state index contributed by atoms with van der Waals surface area (Å²) in [5.41, 5.74) is 1.60. The van der Waals surface area contributed by atoms with Crippen LogP contribution in [0.25, 0.3) is 0 Å². The zero-order valence-corrected chi connectivity index (χ0v) is 14.0. The lowest BCUT2D eigenvalue weighted by molar-refractivity contribution is 0.171. The van der Waals surface area contributed by atoms with Crippen molar-refractivity contribution < 1.29 is 9.47 Å². The predicted octanol–water partition coefficient (Wildman–Crippen LogP) is 4.39. The Morgan fingerprint density at radius 3 is 2.64 bits per heavy atom. The van der Waals surface area contributed by atoms with Crippen LogP contribution in [0.2, 0.25) is 5.02 Å². The van der Waals surface area contributed by atoms with Crippen LogP contribution in [0.5, 0.6) is 11.5 Å². The maximum Gasteiger partial charge on any atom is 0.229 e. The van der Waals surface area contributed by atoms with Gasteiger partial charge in [0.05, 0.1) is 10.7 Å². The molecule has 0 atom stereocenters. The van der Waals surface area contributed by atoms with Crippen molar-refractivity contribution in [3.05, 3.63) is 59.8 Å². The van der Waals surface area contributed by atoms with Gasteiger partial charge >= 0.3 is 0 Å². The van der Waals surface area contributed by atoms with Gasteiger partial charge in [0, 0.05) is 18.0 Å². The third-order valence-electron chi connectivity index (χ3n) is 3.59. The molecule has 0 aliphatic carbocycles. The van der Waals surface area contributed by atoms with Gasteiger partial charge in [-0.3, -0.25) is 0 Å². The zero-order valence-electron chi connectivity index (χ0n) is 13.2. The van der Waals surface area contributed by atoms with Crippen molar-refractivity contribution in [3.8, 4) is 11.5 Å². The highest BCUT2D eigenvalue weighted by Gasteiger charge is 2.12. The van der Waals surface area contributed by atoms with E-state index in [4.69, 9.17) is 21.1 Å². The standard InChI is InChI=1S/C18H15ClN4O2/c19-13-3-1-2-4-14(13)22-18-20-8-7-17(23-18)21-12-5-6-15-16(11-12)25-10-9-24-15/h1-8,11H,9-10H2,(H2,20,21,22,23). The smallest absolute Gasteiger partial charge is 0.229 e. The highest BCUT2D eigenvalue weighted by Crippen LogP contribution is 2.33. The van der Waals surface area contributed by atoms with Gasteiger partial charge in [-0.05, 0) is 30.3 Å². The minimum atomic E-state index is 0.454. The van der Waals surface area contributed by atoms with Gasteiger partial charge in [0.25, 0.3) is 0 Å². The molecule has 2 N–H and O–H groups in total. The van der Waals surface area contributed by atoms with Crippen LogP contribution < -0.4 is 20.1 Å². The molecule has 0 amide bonds. The molecule has 0 unspecified atom stereocenters. The summed E-state index contributed by atoms with van der Waals surface area (Å²) in [6.45, 7) is 1.12. The second-order valence-corrected chi connectivity index (χ2v) is 5.76. The fraction of sp³-hybridized carbons (Fsp3) is 0.111. The number of hydrogen-bond acceptors (Lipinski definition) is 6. The summed E-state index contributed by atoms with van der Waals surface area (Å²) in [5.74, 6) is 2.58. The summed E-state index contributed by atoms with van der Waals surface area (Å²) in [4.78, 5) is 8.67. The maximum absolute atomic E-state index is 6.15. The summed E-state index contributed by atoms with van der Waals surface area (Å²) in [6, 6.07) is 14.9. The van der Waals surface area contributed by atoms with Gasteiger partial charge in [0.1, 0.15) is 19.0 Å². The van der Waals surface area contributed by atoms with Gasteiger partial charge in [0.2, 0.25) is 5.95 Å². The fourth-order valence-corrected chi connectivity index (χ4v) is 2.62. The van der Waals surface area contributed by atoms with Gasteiger partial charge in [-0.25, -0.2) is 4.98 Å². The number of benzene rings is 2. The van der Waals surface area contributed by atoms with Crippen LogP contribution in [0, 0.1) is 0 Å². The molecule has 126 valence electrons. The number of fused-ring (bicyclic) bond motifs is 1. The molecule has 4 rings (SSSR count). The topological polar surface area (TPSA) is 68.3 Å². The average Bonchev–Trinajstić information content (AvgIpc) is 2.64. The molecular formula is C18H15ClN4O2. The number of nitrogens with zero attached hydrogens (tertiary/aromatic N) is 2. The number of rotatable bonds is 4. The van der Waals surface area contributed by atoms with Crippen LogP contribution in [0.3, 0.4) is 0 Å². The third-order valence-corrected chi connectivity index (χ3v) is 3.92. The molecule has 0 bridgehead atoms. The Bertz CT molecular complexity index is 904. The van der Waals surface area contributed by atoms with E-state index in [9.17, 15) is 0 Å². The quantitative estimate of drug-likeness (QED) is 0.724. The minimum Gasteiger partial charge on any atom is -0.486 e. The number of aromatic nitrogens is 2. The highest BCUT2D eigenvalue weighted by molar-refractivity contribution is 6.33. The van der Waals surface area contributed by atoms with Gasteiger partial charge in [-0.1, -0.05) is 23.7 Å². The first-order chi connectivity index (χ1) is 12.3. The van der Waals surface area contributed by atoms with Crippen molar-refractivity contribution in [2.45, 2.75) is 0 Å². The van der Waals surface area contributed by atoms with Crippen molar-refractivity contribution in [2.75, 3.05) is 23.8 Å². The Labute approximate surface area is 149 Å². The van der Waals surface area contributed by atoms with Crippen molar-refractivity contribution in [2.24, 2.45) is 0 Å². The van der Waals surface area contributed by atoms with Crippen LogP contribution >= 0.6 is 11.6 Å². The second-order valence-electron chi connectivity index (χ2n) is 5.35. The number of anilines is 4. The molecule has 0 saturated heterocycles. The van der Waals surface area contributed by atoms with Crippen LogP contribution in [0.4, 0.5) is 23.1 Å². The Kier molecular flexibility index (Phi) is 4.26. The van der Waals surface area contributed by atoms with E-state index in [1.165, 1.54) is 0 Å². The molecule has 0 spiro atoms. The second kappa shape index (κ2) is 6.86. The van der Waals surface area contributed by atoms with E-state index < -0.39 is 0 Å². The fourth-order valence-electron chi connectivity index (χ4n) is 2.44. The number of para-hydroxylation sites is 1. The lowest BCUT2D eigenvalue weighted by Crippen LogP contribution is -2.15. The predicted molar refractivity (Wildman–Crippen MR) is 97.5 cm³/mol. The van der Waals surface area contributed by atoms with E-state index >= 15 is 0 Å². The largest absolute Gasteiger partial charge is 0.486 e. The van der Waals surface area contributed by atoms with Crippen LogP contribution in [0.1, 0.15) is 0 Å². The number of nitrogens with one attached hydrogen (secondary N) is 2. The van der Waals surface area contributed by atoms with E-state index in [1.807, 2.05) is 36.4 Å². The minimum absolute atomic E-state index is 0.454. The van der Waals surface area contributed by atoms with E-state index in [1.54, 1.807) is 18.3 Å². The van der Waals surface area contributed by atoms with Crippen LogP contribution in [0.15, 0.2) is 54.7 Å². The summed E-state index contributed by atoms with van der Waals surface area (Å²) < 4.78 is 11.1. The molecule has 0 fully saturated rings. The Balaban J connectivity index is 1.53. The molecular weight excluding hydrogens is 340 g/mol. The monoisotopic (exact) mass is 354 g/mol. The maximum atomic E-state index is 6.15. The highest BCUT2D eigenvalue weighted by atomic mass is 35.5. The van der Waals surface area contributed by atoms with Gasteiger partial charge in [-0.15, -0.1) is 0 Å². The summed E-state index contributed by atoms with van der Waals surface area (Å²) in [6.07, 6.45) is 1.67. The summed E-state index contributed by atoms with van der Waals surface area (Å²) >= 11 is 6.15. The Morgan fingerprint density at radius 2 is 1.76 bits per heavy atom. The Hall–Kier alpha value is -2.99.